The van der Waals surface area contributed by atoms with Crippen molar-refractivity contribution < 1.29 is 31.2 Å². The number of amides is 1. The molecule has 0 radical (unpaired) electrons. The van der Waals surface area contributed by atoms with E-state index in [9.17, 15) is 26.7 Å². The smallest absolute Gasteiger partial charge is 0.417 e. The highest BCUT2D eigenvalue weighted by molar-refractivity contribution is 5.98. The van der Waals surface area contributed by atoms with Crippen molar-refractivity contribution in [1.82, 2.24) is 15.2 Å². The number of aromatic nitrogens is 1. The number of hydrogen-bond donors (Lipinski definition) is 1. The van der Waals surface area contributed by atoms with Crippen LogP contribution in [0.15, 0.2) is 51.4 Å². The Morgan fingerprint density at radius 2 is 2.00 bits per heavy atom. The summed E-state index contributed by atoms with van der Waals surface area (Å²) in [5.41, 5.74) is -0.372. The van der Waals surface area contributed by atoms with Gasteiger partial charge in [0.2, 0.25) is 0 Å². The molecule has 6 nitrogen and oxygen atoms in total. The average Bonchev–Trinajstić information content (AvgIpc) is 3.17. The lowest BCUT2D eigenvalue weighted by Gasteiger charge is -2.43. The first-order chi connectivity index (χ1) is 16.4. The van der Waals surface area contributed by atoms with E-state index in [2.05, 4.69) is 15.3 Å². The number of oxazole rings is 1. The SMILES string of the molecule is C/C=C(\C=NCNCC1C(C)CC(F)(F)CN1C(=O)c1nc(C)oc1-c1ccccc1)C(F)(F)F. The fourth-order valence-electron chi connectivity index (χ4n) is 4.10. The molecular weight excluding hydrogens is 471 g/mol. The fraction of sp³-hybridized carbons (Fsp3) is 0.458. The molecule has 2 aromatic rings. The molecule has 0 saturated carbocycles. The van der Waals surface area contributed by atoms with Gasteiger partial charge in [-0.2, -0.15) is 13.2 Å². The summed E-state index contributed by atoms with van der Waals surface area (Å²) in [6.07, 6.45) is -3.33. The molecule has 1 aromatic carbocycles. The van der Waals surface area contributed by atoms with Gasteiger partial charge in [0.15, 0.2) is 17.3 Å². The molecule has 1 aliphatic rings. The number of nitrogens with one attached hydrogen (secondary N) is 1. The van der Waals surface area contributed by atoms with Gasteiger partial charge in [-0.25, -0.2) is 13.8 Å². The molecule has 0 spiro atoms. The van der Waals surface area contributed by atoms with Crippen LogP contribution in [0.3, 0.4) is 0 Å². The summed E-state index contributed by atoms with van der Waals surface area (Å²) >= 11 is 0. The van der Waals surface area contributed by atoms with E-state index < -0.39 is 48.5 Å². The number of carbonyl (C=O) groups is 1. The van der Waals surface area contributed by atoms with E-state index in [1.165, 1.54) is 6.92 Å². The summed E-state index contributed by atoms with van der Waals surface area (Å²) < 4.78 is 72.9. The Kier molecular flexibility index (Phi) is 8.09. The van der Waals surface area contributed by atoms with Crippen molar-refractivity contribution in [3.63, 3.8) is 0 Å². The van der Waals surface area contributed by atoms with Gasteiger partial charge < -0.3 is 9.32 Å². The van der Waals surface area contributed by atoms with E-state index in [-0.39, 0.29) is 30.6 Å². The van der Waals surface area contributed by atoms with Crippen LogP contribution < -0.4 is 5.32 Å². The Labute approximate surface area is 199 Å². The van der Waals surface area contributed by atoms with E-state index in [4.69, 9.17) is 4.42 Å². The summed E-state index contributed by atoms with van der Waals surface area (Å²) in [5, 5.41) is 2.86. The lowest BCUT2D eigenvalue weighted by Crippen LogP contribution is -2.58. The Hall–Kier alpha value is -3.08. The molecule has 0 bridgehead atoms. The van der Waals surface area contributed by atoms with Crippen LogP contribution in [0.2, 0.25) is 0 Å². The van der Waals surface area contributed by atoms with E-state index in [0.29, 0.717) is 11.8 Å². The Balaban J connectivity index is 1.79. The van der Waals surface area contributed by atoms with Crippen LogP contribution in [0.25, 0.3) is 11.3 Å². The third-order valence-electron chi connectivity index (χ3n) is 5.74. The zero-order valence-electron chi connectivity index (χ0n) is 19.6. The quantitative estimate of drug-likeness (QED) is 0.321. The standard InChI is InChI=1S/C24H27F5N4O2/c1-4-18(24(27,28)29)11-30-14-31-12-19-15(2)10-23(25,26)13-33(19)22(34)20-21(35-16(3)32-20)17-8-6-5-7-9-17/h4-9,11,15,19,31H,10,12-14H2,1-3H3/b18-4+,30-11?. The first kappa shape index (κ1) is 26.5. The van der Waals surface area contributed by atoms with Crippen LogP contribution in [0.1, 0.15) is 36.6 Å². The molecule has 35 heavy (non-hydrogen) atoms. The number of halogens is 5. The van der Waals surface area contributed by atoms with Gasteiger partial charge in [-0.1, -0.05) is 43.3 Å². The minimum atomic E-state index is -4.52. The maximum atomic E-state index is 14.5. The molecule has 1 amide bonds. The van der Waals surface area contributed by atoms with Crippen molar-refractivity contribution in [1.29, 1.82) is 0 Å². The van der Waals surface area contributed by atoms with Crippen LogP contribution in [0, 0.1) is 12.8 Å². The topological polar surface area (TPSA) is 70.7 Å². The summed E-state index contributed by atoms with van der Waals surface area (Å²) in [6, 6.07) is 8.09. The molecule has 2 unspecified atom stereocenters. The predicted molar refractivity (Wildman–Crippen MR) is 121 cm³/mol. The normalized spacial score (nSPS) is 21.0. The number of aliphatic imine (C=N–C) groups is 1. The number of aryl methyl sites for hydroxylation is 1. The highest BCUT2D eigenvalue weighted by Crippen LogP contribution is 2.36. The Morgan fingerprint density at radius 1 is 1.31 bits per heavy atom. The summed E-state index contributed by atoms with van der Waals surface area (Å²) in [6.45, 7) is 3.51. The predicted octanol–water partition coefficient (Wildman–Crippen LogP) is 5.26. The maximum absolute atomic E-state index is 14.5. The third kappa shape index (κ3) is 6.53. The highest BCUT2D eigenvalue weighted by atomic mass is 19.4. The van der Waals surface area contributed by atoms with Crippen molar-refractivity contribution in [3.8, 4) is 11.3 Å². The molecule has 1 aliphatic heterocycles. The van der Waals surface area contributed by atoms with Gasteiger partial charge in [-0.15, -0.1) is 0 Å². The van der Waals surface area contributed by atoms with Gasteiger partial charge in [0, 0.05) is 37.7 Å². The van der Waals surface area contributed by atoms with E-state index >= 15 is 0 Å². The molecule has 2 heterocycles. The fourth-order valence-corrected chi connectivity index (χ4v) is 4.10. The number of carbonyl (C=O) groups excluding carboxylic acids is 1. The largest absolute Gasteiger partial charge is 0.440 e. The molecule has 11 heteroatoms. The summed E-state index contributed by atoms with van der Waals surface area (Å²) in [5.74, 6) is -3.97. The molecular formula is C24H27F5N4O2. The number of likely N-dealkylation sites (tertiary alicyclic amines) is 1. The van der Waals surface area contributed by atoms with Crippen LogP contribution in [0.4, 0.5) is 22.0 Å². The van der Waals surface area contributed by atoms with Gasteiger partial charge in [-0.05, 0) is 12.8 Å². The minimum absolute atomic E-state index is 0.0645. The number of piperidine rings is 1. The molecule has 1 fully saturated rings. The van der Waals surface area contributed by atoms with Gasteiger partial charge in [0.25, 0.3) is 11.8 Å². The Bertz CT molecular complexity index is 1080. The van der Waals surface area contributed by atoms with Crippen molar-refractivity contribution in [2.24, 2.45) is 10.9 Å². The van der Waals surface area contributed by atoms with E-state index in [1.807, 2.05) is 0 Å². The average molecular weight is 498 g/mol. The molecule has 1 N–H and O–H groups in total. The monoisotopic (exact) mass is 498 g/mol. The number of benzene rings is 1. The van der Waals surface area contributed by atoms with E-state index in [0.717, 1.165) is 11.0 Å². The zero-order chi connectivity index (χ0) is 25.8. The van der Waals surface area contributed by atoms with Gasteiger partial charge in [-0.3, -0.25) is 15.1 Å². The number of hydrogen-bond acceptors (Lipinski definition) is 5. The van der Waals surface area contributed by atoms with Crippen molar-refractivity contribution in [3.05, 3.63) is 53.6 Å². The van der Waals surface area contributed by atoms with Crippen molar-refractivity contribution in [2.45, 2.75) is 45.3 Å². The number of rotatable bonds is 7. The molecule has 1 aromatic heterocycles. The van der Waals surface area contributed by atoms with Crippen LogP contribution in [0.5, 0.6) is 0 Å². The van der Waals surface area contributed by atoms with Crippen LogP contribution in [-0.2, 0) is 0 Å². The lowest BCUT2D eigenvalue weighted by atomic mass is 9.88. The summed E-state index contributed by atoms with van der Waals surface area (Å²) in [7, 11) is 0. The van der Waals surface area contributed by atoms with Gasteiger partial charge in [0.1, 0.15) is 0 Å². The zero-order valence-corrected chi connectivity index (χ0v) is 19.6. The lowest BCUT2D eigenvalue weighted by molar-refractivity contribution is -0.0915. The van der Waals surface area contributed by atoms with Gasteiger partial charge in [0.05, 0.1) is 18.8 Å². The van der Waals surface area contributed by atoms with Crippen LogP contribution >= 0.6 is 0 Å². The molecule has 0 aliphatic carbocycles. The maximum Gasteiger partial charge on any atom is 0.417 e. The molecule has 190 valence electrons. The van der Waals surface area contributed by atoms with E-state index in [1.54, 1.807) is 44.2 Å². The number of nitrogens with zero attached hydrogens (tertiary/aromatic N) is 3. The molecule has 2 atom stereocenters. The second kappa shape index (κ2) is 10.7. The third-order valence-corrected chi connectivity index (χ3v) is 5.74. The first-order valence-corrected chi connectivity index (χ1v) is 11.1. The van der Waals surface area contributed by atoms with Crippen molar-refractivity contribution >= 4 is 12.1 Å². The second-order valence-electron chi connectivity index (χ2n) is 8.48. The first-order valence-electron chi connectivity index (χ1n) is 11.1. The van der Waals surface area contributed by atoms with Crippen LogP contribution in [-0.4, -0.2) is 59.9 Å². The number of allylic oxidation sites excluding steroid dienone is 2. The summed E-state index contributed by atoms with van der Waals surface area (Å²) in [4.78, 5) is 22.4. The second-order valence-corrected chi connectivity index (χ2v) is 8.48. The van der Waals surface area contributed by atoms with Gasteiger partial charge >= 0.3 is 6.18 Å². The minimum Gasteiger partial charge on any atom is -0.440 e. The highest BCUT2D eigenvalue weighted by Gasteiger charge is 2.46. The number of alkyl halides is 5. The van der Waals surface area contributed by atoms with Crippen molar-refractivity contribution in [2.75, 3.05) is 19.8 Å². The molecule has 1 saturated heterocycles. The Morgan fingerprint density at radius 3 is 2.63 bits per heavy atom. The molecule has 3 rings (SSSR count).